The monoisotopic (exact) mass is 397 g/mol. The third-order valence-corrected chi connectivity index (χ3v) is 4.86. The normalized spacial score (nSPS) is 20.3. The van der Waals surface area contributed by atoms with Crippen LogP contribution in [0.4, 0.5) is 4.79 Å². The Hall–Kier alpha value is -3.75. The van der Waals surface area contributed by atoms with E-state index in [1.165, 1.54) is 19.2 Å². The fourth-order valence-electron chi connectivity index (χ4n) is 3.22. The summed E-state index contributed by atoms with van der Waals surface area (Å²) in [6.45, 7) is 2.38. The van der Waals surface area contributed by atoms with Crippen LogP contribution in [-0.4, -0.2) is 43.2 Å². The number of amides is 4. The van der Waals surface area contributed by atoms with E-state index in [9.17, 15) is 14.4 Å². The molecule has 0 radical (unpaired) electrons. The molecule has 1 saturated heterocycles. The Morgan fingerprint density at radius 3 is 2.66 bits per heavy atom. The minimum absolute atomic E-state index is 0.227. The Bertz CT molecular complexity index is 1010. The van der Waals surface area contributed by atoms with Gasteiger partial charge in [0.1, 0.15) is 24.5 Å². The number of nitrogens with zero attached hydrogens (tertiary/aromatic N) is 1. The molecule has 2 N–H and O–H groups in total. The Morgan fingerprint density at radius 1 is 1.14 bits per heavy atom. The van der Waals surface area contributed by atoms with Crippen LogP contribution < -0.4 is 25.0 Å². The summed E-state index contributed by atoms with van der Waals surface area (Å²) in [6.07, 6.45) is 0. The summed E-state index contributed by atoms with van der Waals surface area (Å²) in [6, 6.07) is 10.7. The van der Waals surface area contributed by atoms with Gasteiger partial charge in [-0.2, -0.15) is 5.01 Å². The summed E-state index contributed by atoms with van der Waals surface area (Å²) in [5.41, 5.74) is 1.78. The van der Waals surface area contributed by atoms with Crippen LogP contribution in [0.25, 0.3) is 0 Å². The van der Waals surface area contributed by atoms with Gasteiger partial charge in [0.15, 0.2) is 11.5 Å². The molecule has 2 heterocycles. The number of ether oxygens (including phenoxy) is 3. The van der Waals surface area contributed by atoms with Gasteiger partial charge in [0.05, 0.1) is 7.11 Å². The number of hydrogen-bond donors (Lipinski definition) is 2. The molecular weight excluding hydrogens is 378 g/mol. The smallest absolute Gasteiger partial charge is 0.344 e. The van der Waals surface area contributed by atoms with E-state index < -0.39 is 23.4 Å². The van der Waals surface area contributed by atoms with Crippen molar-refractivity contribution in [3.8, 4) is 17.2 Å². The maximum atomic E-state index is 13.0. The van der Waals surface area contributed by atoms with Crippen LogP contribution in [0.1, 0.15) is 22.8 Å². The molecule has 1 atom stereocenters. The second kappa shape index (κ2) is 7.01. The van der Waals surface area contributed by atoms with Crippen LogP contribution >= 0.6 is 0 Å². The number of rotatable bonds is 4. The fourth-order valence-corrected chi connectivity index (χ4v) is 3.22. The largest absolute Gasteiger partial charge is 0.497 e. The molecule has 1 unspecified atom stereocenters. The first-order valence-electron chi connectivity index (χ1n) is 8.94. The zero-order valence-corrected chi connectivity index (χ0v) is 15.9. The Balaban J connectivity index is 1.55. The van der Waals surface area contributed by atoms with Crippen LogP contribution in [-0.2, 0) is 10.3 Å². The number of imide groups is 1. The van der Waals surface area contributed by atoms with Gasteiger partial charge in [-0.3, -0.25) is 15.0 Å². The summed E-state index contributed by atoms with van der Waals surface area (Å²) in [5, 5.41) is 3.31. The Labute approximate surface area is 166 Å². The first kappa shape index (κ1) is 18.6. The van der Waals surface area contributed by atoms with Crippen LogP contribution in [0.3, 0.4) is 0 Å². The molecular formula is C20H19N3O6. The SMILES string of the molecule is COc1cccc(C2(C)NC(=O)N(NC(=O)c3ccc4c(c3)OCCO4)C2=O)c1. The van der Waals surface area contributed by atoms with Crippen molar-refractivity contribution in [1.29, 1.82) is 0 Å². The molecule has 9 heteroatoms. The average Bonchev–Trinajstić information content (AvgIpc) is 2.97. The van der Waals surface area contributed by atoms with E-state index in [1.54, 1.807) is 37.3 Å². The van der Waals surface area contributed by atoms with Gasteiger partial charge < -0.3 is 19.5 Å². The molecule has 29 heavy (non-hydrogen) atoms. The quantitative estimate of drug-likeness (QED) is 0.759. The van der Waals surface area contributed by atoms with Crippen molar-refractivity contribution < 1.29 is 28.6 Å². The van der Waals surface area contributed by atoms with E-state index in [2.05, 4.69) is 10.7 Å². The molecule has 0 spiro atoms. The lowest BCUT2D eigenvalue weighted by atomic mass is 9.92. The third kappa shape index (κ3) is 3.20. The number of urea groups is 1. The second-order valence-electron chi connectivity index (χ2n) is 6.73. The third-order valence-electron chi connectivity index (χ3n) is 4.86. The van der Waals surface area contributed by atoms with Crippen molar-refractivity contribution in [3.05, 3.63) is 53.6 Å². The molecule has 2 aromatic carbocycles. The lowest BCUT2D eigenvalue weighted by Gasteiger charge is -2.23. The molecule has 4 amide bonds. The summed E-state index contributed by atoms with van der Waals surface area (Å²) >= 11 is 0. The highest BCUT2D eigenvalue weighted by Gasteiger charge is 2.50. The molecule has 0 bridgehead atoms. The van der Waals surface area contributed by atoms with Crippen LogP contribution in [0.5, 0.6) is 17.2 Å². The maximum absolute atomic E-state index is 13.0. The van der Waals surface area contributed by atoms with Crippen molar-refractivity contribution in [3.63, 3.8) is 0 Å². The first-order valence-corrected chi connectivity index (χ1v) is 8.94. The molecule has 0 saturated carbocycles. The fraction of sp³-hybridized carbons (Fsp3) is 0.250. The highest BCUT2D eigenvalue weighted by atomic mass is 16.6. The zero-order valence-electron chi connectivity index (χ0n) is 15.9. The number of methoxy groups -OCH3 is 1. The Morgan fingerprint density at radius 2 is 1.90 bits per heavy atom. The van der Waals surface area contributed by atoms with Gasteiger partial charge in [0, 0.05) is 5.56 Å². The van der Waals surface area contributed by atoms with Crippen LogP contribution in [0.15, 0.2) is 42.5 Å². The van der Waals surface area contributed by atoms with Crippen molar-refractivity contribution in [2.45, 2.75) is 12.5 Å². The number of hydrazine groups is 1. The number of fused-ring (bicyclic) bond motifs is 1. The second-order valence-corrected chi connectivity index (χ2v) is 6.73. The average molecular weight is 397 g/mol. The molecule has 4 rings (SSSR count). The molecule has 2 aliphatic rings. The van der Waals surface area contributed by atoms with Gasteiger partial charge in [-0.15, -0.1) is 0 Å². The van der Waals surface area contributed by atoms with Gasteiger partial charge in [-0.25, -0.2) is 4.79 Å². The van der Waals surface area contributed by atoms with Gasteiger partial charge in [-0.05, 0) is 42.8 Å². The van der Waals surface area contributed by atoms with Crippen molar-refractivity contribution >= 4 is 17.8 Å². The summed E-state index contributed by atoms with van der Waals surface area (Å²) in [4.78, 5) is 38.0. The standard InChI is InChI=1S/C20H19N3O6/c1-20(13-4-3-5-14(11-13)27-2)18(25)23(19(26)21-20)22-17(24)12-6-7-15-16(10-12)29-9-8-28-15/h3-7,10-11H,8-9H2,1-2H3,(H,21,26)(H,22,24). The highest BCUT2D eigenvalue weighted by molar-refractivity contribution is 6.09. The van der Waals surface area contributed by atoms with Crippen molar-refractivity contribution in [2.75, 3.05) is 20.3 Å². The number of benzene rings is 2. The van der Waals surface area contributed by atoms with Crippen molar-refractivity contribution in [2.24, 2.45) is 0 Å². The van der Waals surface area contributed by atoms with Gasteiger partial charge in [0.2, 0.25) is 0 Å². The zero-order chi connectivity index (χ0) is 20.6. The number of carbonyl (C=O) groups is 3. The molecule has 2 aromatic rings. The summed E-state index contributed by atoms with van der Waals surface area (Å²) < 4.78 is 16.1. The lowest BCUT2D eigenvalue weighted by Crippen LogP contribution is -2.47. The van der Waals surface area contributed by atoms with Crippen LogP contribution in [0, 0.1) is 0 Å². The topological polar surface area (TPSA) is 106 Å². The van der Waals surface area contributed by atoms with E-state index in [0.29, 0.717) is 41.0 Å². The van der Waals surface area contributed by atoms with E-state index in [0.717, 1.165) is 0 Å². The molecule has 9 nitrogen and oxygen atoms in total. The number of nitrogens with one attached hydrogen (secondary N) is 2. The number of hydrogen-bond acceptors (Lipinski definition) is 6. The predicted molar refractivity (Wildman–Crippen MR) is 101 cm³/mol. The lowest BCUT2D eigenvalue weighted by molar-refractivity contribution is -0.132. The van der Waals surface area contributed by atoms with Crippen LogP contribution in [0.2, 0.25) is 0 Å². The van der Waals surface area contributed by atoms with Gasteiger partial charge >= 0.3 is 6.03 Å². The van der Waals surface area contributed by atoms with Gasteiger partial charge in [-0.1, -0.05) is 12.1 Å². The molecule has 150 valence electrons. The molecule has 0 aromatic heterocycles. The van der Waals surface area contributed by atoms with Crippen molar-refractivity contribution in [1.82, 2.24) is 15.8 Å². The first-order chi connectivity index (χ1) is 13.9. The minimum Gasteiger partial charge on any atom is -0.497 e. The minimum atomic E-state index is -1.34. The Kier molecular flexibility index (Phi) is 4.50. The van der Waals surface area contributed by atoms with E-state index in [1.807, 2.05) is 0 Å². The predicted octanol–water partition coefficient (Wildman–Crippen LogP) is 1.58. The van der Waals surface area contributed by atoms with E-state index >= 15 is 0 Å². The maximum Gasteiger partial charge on any atom is 0.344 e. The molecule has 1 fully saturated rings. The summed E-state index contributed by atoms with van der Waals surface area (Å²) in [5.74, 6) is 0.280. The van der Waals surface area contributed by atoms with E-state index in [-0.39, 0.29) is 5.56 Å². The van der Waals surface area contributed by atoms with Gasteiger partial charge in [0.25, 0.3) is 11.8 Å². The number of carbonyl (C=O) groups excluding carboxylic acids is 3. The molecule has 2 aliphatic heterocycles. The molecule has 0 aliphatic carbocycles. The highest BCUT2D eigenvalue weighted by Crippen LogP contribution is 2.32. The summed E-state index contributed by atoms with van der Waals surface area (Å²) in [7, 11) is 1.51. The van der Waals surface area contributed by atoms with E-state index in [4.69, 9.17) is 14.2 Å².